The van der Waals surface area contributed by atoms with E-state index in [4.69, 9.17) is 9.15 Å². The van der Waals surface area contributed by atoms with Gasteiger partial charge >= 0.3 is 5.63 Å². The Morgan fingerprint density at radius 1 is 1.35 bits per heavy atom. The molecule has 3 rings (SSSR count). The molecule has 0 unspecified atom stereocenters. The molecule has 0 aliphatic carbocycles. The van der Waals surface area contributed by atoms with Crippen molar-refractivity contribution in [2.24, 2.45) is 7.05 Å². The summed E-state index contributed by atoms with van der Waals surface area (Å²) in [4.78, 5) is 16.0. The minimum Gasteiger partial charge on any atom is -0.478 e. The fraction of sp³-hybridized carbons (Fsp3) is 0.214. The third-order valence-electron chi connectivity index (χ3n) is 2.93. The Bertz CT molecular complexity index is 820. The molecule has 0 radical (unpaired) electrons. The summed E-state index contributed by atoms with van der Waals surface area (Å²) >= 11 is 0. The highest BCUT2D eigenvalue weighted by molar-refractivity contribution is 5.77. The molecule has 0 fully saturated rings. The molecule has 0 saturated heterocycles. The standard InChI is InChI=1S/C14H13N3O3/c1-9-15-13(17(2)16-9)8-19-12-7-10-5-3-4-6-11(10)20-14(12)18/h3-7H,8H2,1-2H3. The van der Waals surface area contributed by atoms with Crippen LogP contribution in [-0.2, 0) is 13.7 Å². The van der Waals surface area contributed by atoms with Gasteiger partial charge in [-0.15, -0.1) is 0 Å². The lowest BCUT2D eigenvalue weighted by Crippen LogP contribution is -2.10. The van der Waals surface area contributed by atoms with Gasteiger partial charge < -0.3 is 9.15 Å². The molecule has 0 saturated carbocycles. The number of aromatic nitrogens is 3. The van der Waals surface area contributed by atoms with Crippen molar-refractivity contribution >= 4 is 11.0 Å². The molecule has 0 aliphatic heterocycles. The van der Waals surface area contributed by atoms with Crippen LogP contribution >= 0.6 is 0 Å². The van der Waals surface area contributed by atoms with Crippen LogP contribution in [0.3, 0.4) is 0 Å². The van der Waals surface area contributed by atoms with E-state index in [1.807, 2.05) is 18.2 Å². The van der Waals surface area contributed by atoms with Crippen molar-refractivity contribution in [1.82, 2.24) is 14.8 Å². The predicted octanol–water partition coefficient (Wildman–Crippen LogP) is 1.81. The van der Waals surface area contributed by atoms with Crippen LogP contribution in [-0.4, -0.2) is 14.8 Å². The summed E-state index contributed by atoms with van der Waals surface area (Å²) in [5, 5.41) is 4.94. The highest BCUT2D eigenvalue weighted by Crippen LogP contribution is 2.17. The number of benzene rings is 1. The van der Waals surface area contributed by atoms with Crippen molar-refractivity contribution in [2.75, 3.05) is 0 Å². The molecule has 3 aromatic rings. The first-order chi connectivity index (χ1) is 9.63. The number of nitrogens with zero attached hydrogens (tertiary/aromatic N) is 3. The molecule has 0 amide bonds. The van der Waals surface area contributed by atoms with Gasteiger partial charge in [0, 0.05) is 12.4 Å². The second-order valence-corrected chi connectivity index (χ2v) is 4.42. The van der Waals surface area contributed by atoms with Gasteiger partial charge in [0.15, 0.2) is 5.82 Å². The summed E-state index contributed by atoms with van der Waals surface area (Å²) in [7, 11) is 1.78. The van der Waals surface area contributed by atoms with E-state index in [-0.39, 0.29) is 12.4 Å². The zero-order chi connectivity index (χ0) is 14.1. The van der Waals surface area contributed by atoms with E-state index in [0.29, 0.717) is 17.2 Å². The van der Waals surface area contributed by atoms with Gasteiger partial charge in [0.2, 0.25) is 5.75 Å². The molecule has 0 atom stereocenters. The number of hydrogen-bond acceptors (Lipinski definition) is 5. The highest BCUT2D eigenvalue weighted by atomic mass is 16.5. The first-order valence-electron chi connectivity index (χ1n) is 6.16. The molecule has 102 valence electrons. The van der Waals surface area contributed by atoms with Gasteiger partial charge in [-0.2, -0.15) is 5.10 Å². The second kappa shape index (κ2) is 4.80. The van der Waals surface area contributed by atoms with Crippen LogP contribution in [0.1, 0.15) is 11.6 Å². The average Bonchev–Trinajstić information content (AvgIpc) is 2.74. The van der Waals surface area contributed by atoms with Gasteiger partial charge in [-0.05, 0) is 19.1 Å². The summed E-state index contributed by atoms with van der Waals surface area (Å²) < 4.78 is 12.3. The second-order valence-electron chi connectivity index (χ2n) is 4.42. The number of hydrogen-bond donors (Lipinski definition) is 0. The van der Waals surface area contributed by atoms with E-state index in [1.54, 1.807) is 30.8 Å². The minimum absolute atomic E-state index is 0.167. The zero-order valence-corrected chi connectivity index (χ0v) is 11.2. The van der Waals surface area contributed by atoms with Crippen molar-refractivity contribution in [3.8, 4) is 5.75 Å². The quantitative estimate of drug-likeness (QED) is 0.679. The lowest BCUT2D eigenvalue weighted by atomic mass is 10.2. The third-order valence-corrected chi connectivity index (χ3v) is 2.93. The summed E-state index contributed by atoms with van der Waals surface area (Å²) in [6.45, 7) is 1.97. The zero-order valence-electron chi connectivity index (χ0n) is 11.2. The number of fused-ring (bicyclic) bond motifs is 1. The van der Waals surface area contributed by atoms with Crippen molar-refractivity contribution in [3.05, 3.63) is 52.4 Å². The SMILES string of the molecule is Cc1nc(COc2cc3ccccc3oc2=O)n(C)n1. The Balaban J connectivity index is 1.89. The van der Waals surface area contributed by atoms with Crippen molar-refractivity contribution in [2.45, 2.75) is 13.5 Å². The molecule has 1 aromatic carbocycles. The molecule has 2 heterocycles. The molecule has 20 heavy (non-hydrogen) atoms. The third kappa shape index (κ3) is 2.27. The Morgan fingerprint density at radius 2 is 2.15 bits per heavy atom. The van der Waals surface area contributed by atoms with Crippen LogP contribution in [0.5, 0.6) is 5.75 Å². The molecule has 0 N–H and O–H groups in total. The predicted molar refractivity (Wildman–Crippen MR) is 72.6 cm³/mol. The Kier molecular flexibility index (Phi) is 2.98. The molecule has 0 aliphatic rings. The largest absolute Gasteiger partial charge is 0.478 e. The maximum absolute atomic E-state index is 11.8. The summed E-state index contributed by atoms with van der Waals surface area (Å²) in [5.41, 5.74) is 0.0435. The minimum atomic E-state index is -0.498. The summed E-state index contributed by atoms with van der Waals surface area (Å²) in [6, 6.07) is 8.96. The number of para-hydroxylation sites is 1. The van der Waals surface area contributed by atoms with E-state index in [2.05, 4.69) is 10.1 Å². The number of aryl methyl sites for hydroxylation is 2. The van der Waals surface area contributed by atoms with Gasteiger partial charge in [0.1, 0.15) is 18.0 Å². The monoisotopic (exact) mass is 271 g/mol. The smallest absolute Gasteiger partial charge is 0.379 e. The van der Waals surface area contributed by atoms with Gasteiger partial charge in [-0.3, -0.25) is 0 Å². The molecule has 0 spiro atoms. The highest BCUT2D eigenvalue weighted by Gasteiger charge is 2.09. The normalized spacial score (nSPS) is 10.9. The molecule has 6 heteroatoms. The maximum Gasteiger partial charge on any atom is 0.379 e. The molecule has 2 aromatic heterocycles. The number of ether oxygens (including phenoxy) is 1. The molecule has 0 bridgehead atoms. The fourth-order valence-electron chi connectivity index (χ4n) is 1.97. The van der Waals surface area contributed by atoms with E-state index in [1.165, 1.54) is 0 Å². The van der Waals surface area contributed by atoms with Crippen LogP contribution in [0.4, 0.5) is 0 Å². The first-order valence-corrected chi connectivity index (χ1v) is 6.16. The van der Waals surface area contributed by atoms with Crippen LogP contribution < -0.4 is 10.4 Å². The van der Waals surface area contributed by atoms with Gasteiger partial charge in [0.05, 0.1) is 0 Å². The number of rotatable bonds is 3. The van der Waals surface area contributed by atoms with E-state index in [9.17, 15) is 4.79 Å². The molecule has 6 nitrogen and oxygen atoms in total. The molecular weight excluding hydrogens is 258 g/mol. The van der Waals surface area contributed by atoms with Gasteiger partial charge in [-0.1, -0.05) is 18.2 Å². The topological polar surface area (TPSA) is 70.2 Å². The average molecular weight is 271 g/mol. The Labute approximate surface area is 114 Å². The fourth-order valence-corrected chi connectivity index (χ4v) is 1.97. The van der Waals surface area contributed by atoms with Crippen LogP contribution in [0, 0.1) is 6.92 Å². The summed E-state index contributed by atoms with van der Waals surface area (Å²) in [5.74, 6) is 1.48. The lowest BCUT2D eigenvalue weighted by Gasteiger charge is -2.05. The summed E-state index contributed by atoms with van der Waals surface area (Å²) in [6.07, 6.45) is 0. The maximum atomic E-state index is 11.8. The Morgan fingerprint density at radius 3 is 2.90 bits per heavy atom. The van der Waals surface area contributed by atoms with Crippen molar-refractivity contribution in [1.29, 1.82) is 0 Å². The van der Waals surface area contributed by atoms with E-state index < -0.39 is 5.63 Å². The first kappa shape index (κ1) is 12.4. The van der Waals surface area contributed by atoms with Crippen LogP contribution in [0.15, 0.2) is 39.5 Å². The van der Waals surface area contributed by atoms with Crippen molar-refractivity contribution < 1.29 is 9.15 Å². The van der Waals surface area contributed by atoms with Crippen LogP contribution in [0.25, 0.3) is 11.0 Å². The van der Waals surface area contributed by atoms with Crippen LogP contribution in [0.2, 0.25) is 0 Å². The van der Waals surface area contributed by atoms with Gasteiger partial charge in [-0.25, -0.2) is 14.5 Å². The van der Waals surface area contributed by atoms with E-state index >= 15 is 0 Å². The molecular formula is C14H13N3O3. The van der Waals surface area contributed by atoms with Crippen molar-refractivity contribution in [3.63, 3.8) is 0 Å². The Hall–Kier alpha value is -2.63. The lowest BCUT2D eigenvalue weighted by molar-refractivity contribution is 0.276. The van der Waals surface area contributed by atoms with Gasteiger partial charge in [0.25, 0.3) is 0 Å². The van der Waals surface area contributed by atoms with E-state index in [0.717, 1.165) is 5.39 Å².